The van der Waals surface area contributed by atoms with E-state index in [0.717, 1.165) is 5.56 Å². The van der Waals surface area contributed by atoms with Crippen molar-refractivity contribution in [2.45, 2.75) is 50.6 Å². The third-order valence-corrected chi connectivity index (χ3v) is 6.71. The third kappa shape index (κ3) is 5.16. The molecular formula is C25H29N5O5. The van der Waals surface area contributed by atoms with Crippen LogP contribution in [0.4, 0.5) is 4.79 Å². The maximum Gasteiger partial charge on any atom is 0.404 e. The maximum absolute atomic E-state index is 13.1. The molecule has 5 rings (SSSR count). The van der Waals surface area contributed by atoms with Crippen molar-refractivity contribution in [3.05, 3.63) is 36.3 Å². The maximum atomic E-state index is 13.1. The van der Waals surface area contributed by atoms with E-state index in [0.29, 0.717) is 72.0 Å². The number of hydrogen-bond acceptors (Lipinski definition) is 6. The summed E-state index contributed by atoms with van der Waals surface area (Å²) in [5.41, 5.74) is 3.04. The number of aromatic nitrogens is 3. The molecule has 0 atom stereocenters. The highest BCUT2D eigenvalue weighted by molar-refractivity contribution is 6.08. The second kappa shape index (κ2) is 9.81. The van der Waals surface area contributed by atoms with Crippen molar-refractivity contribution in [2.24, 2.45) is 5.92 Å². The molecule has 2 saturated carbocycles. The van der Waals surface area contributed by atoms with Gasteiger partial charge in [-0.2, -0.15) is 0 Å². The van der Waals surface area contributed by atoms with E-state index in [9.17, 15) is 9.59 Å². The fraction of sp³-hybridized carbons (Fsp3) is 0.440. The summed E-state index contributed by atoms with van der Waals surface area (Å²) in [6.07, 6.45) is 7.29. The number of methoxy groups -OCH3 is 1. The number of H-pyrrole nitrogens is 1. The molecule has 0 radical (unpaired) electrons. The average molecular weight is 480 g/mol. The van der Waals surface area contributed by atoms with Gasteiger partial charge in [-0.1, -0.05) is 0 Å². The van der Waals surface area contributed by atoms with Gasteiger partial charge < -0.3 is 30.2 Å². The number of rotatable bonds is 8. The van der Waals surface area contributed by atoms with Gasteiger partial charge in [-0.15, -0.1) is 0 Å². The molecule has 0 bridgehead atoms. The van der Waals surface area contributed by atoms with E-state index >= 15 is 0 Å². The normalized spacial score (nSPS) is 19.8. The second-order valence-electron chi connectivity index (χ2n) is 9.24. The third-order valence-electron chi connectivity index (χ3n) is 6.71. The van der Waals surface area contributed by atoms with Crippen molar-refractivity contribution >= 4 is 23.0 Å². The van der Waals surface area contributed by atoms with Crippen molar-refractivity contribution in [3.63, 3.8) is 0 Å². The number of benzene rings is 1. The van der Waals surface area contributed by atoms with Gasteiger partial charge in [0.2, 0.25) is 0 Å². The molecule has 2 aromatic heterocycles. The van der Waals surface area contributed by atoms with E-state index in [1.165, 1.54) is 19.2 Å². The first-order chi connectivity index (χ1) is 17.0. The topological polar surface area (TPSA) is 138 Å². The number of hydrogen-bond donors (Lipinski definition) is 4. The van der Waals surface area contributed by atoms with E-state index in [1.54, 1.807) is 13.3 Å². The quantitative estimate of drug-likeness (QED) is 0.386. The van der Waals surface area contributed by atoms with Crippen LogP contribution < -0.4 is 20.1 Å². The fourth-order valence-electron chi connectivity index (χ4n) is 4.58. The molecule has 2 aliphatic rings. The van der Waals surface area contributed by atoms with Gasteiger partial charge in [0.15, 0.2) is 0 Å². The molecule has 0 saturated heterocycles. The molecule has 2 heterocycles. The molecule has 10 heteroatoms. The molecule has 0 aliphatic heterocycles. The standard InChI is InChI=1S/C25H29N5O5/c1-34-17-8-9-20(35-12-14-2-3-14)18(10-17)21-23-22(28-13-27-21)19(11-26-23)24(31)29-15-4-6-16(7-5-15)30-25(32)33/h8-11,13-16,26,30H,2-7,12H2,1H3,(H,29,31)(H,32,33). The Morgan fingerprint density at radius 3 is 2.51 bits per heavy atom. The Morgan fingerprint density at radius 2 is 1.83 bits per heavy atom. The van der Waals surface area contributed by atoms with Crippen LogP contribution in [0.25, 0.3) is 22.3 Å². The fourth-order valence-corrected chi connectivity index (χ4v) is 4.58. The molecule has 2 amide bonds. The Labute approximate surface area is 202 Å². The molecule has 1 aromatic carbocycles. The summed E-state index contributed by atoms with van der Waals surface area (Å²) in [7, 11) is 1.61. The van der Waals surface area contributed by atoms with Crippen LogP contribution in [-0.4, -0.2) is 57.9 Å². The van der Waals surface area contributed by atoms with Gasteiger partial charge in [0.25, 0.3) is 5.91 Å². The van der Waals surface area contributed by atoms with Crippen LogP contribution in [0.3, 0.4) is 0 Å². The minimum Gasteiger partial charge on any atom is -0.497 e. The van der Waals surface area contributed by atoms with Gasteiger partial charge in [0.1, 0.15) is 29.0 Å². The Hall–Kier alpha value is -3.82. The molecule has 2 aliphatic carbocycles. The summed E-state index contributed by atoms with van der Waals surface area (Å²) >= 11 is 0. The summed E-state index contributed by atoms with van der Waals surface area (Å²) in [4.78, 5) is 36.0. The SMILES string of the molecule is COc1ccc(OCC2CC2)c(-c2ncnc3c(C(=O)NC4CCC(NC(=O)O)CC4)c[nH]c23)c1. The predicted molar refractivity (Wildman–Crippen MR) is 129 cm³/mol. The lowest BCUT2D eigenvalue weighted by atomic mass is 9.91. The Kier molecular flexibility index (Phi) is 6.43. The highest BCUT2D eigenvalue weighted by atomic mass is 16.5. The van der Waals surface area contributed by atoms with Crippen LogP contribution in [-0.2, 0) is 0 Å². The zero-order chi connectivity index (χ0) is 24.4. The first kappa shape index (κ1) is 22.9. The number of fused-ring (bicyclic) bond motifs is 1. The summed E-state index contributed by atoms with van der Waals surface area (Å²) in [5, 5.41) is 14.5. The minimum absolute atomic E-state index is 0.0126. The Bertz CT molecular complexity index is 1230. The van der Waals surface area contributed by atoms with Crippen molar-refractivity contribution in [1.29, 1.82) is 0 Å². The molecule has 184 valence electrons. The number of ether oxygens (including phenoxy) is 2. The Balaban J connectivity index is 1.37. The van der Waals surface area contributed by atoms with Crippen molar-refractivity contribution in [1.82, 2.24) is 25.6 Å². The lowest BCUT2D eigenvalue weighted by molar-refractivity contribution is 0.0924. The molecule has 2 fully saturated rings. The highest BCUT2D eigenvalue weighted by Gasteiger charge is 2.26. The molecular weight excluding hydrogens is 450 g/mol. The zero-order valence-electron chi connectivity index (χ0n) is 19.5. The van der Waals surface area contributed by atoms with Crippen LogP contribution in [0.5, 0.6) is 11.5 Å². The number of carbonyl (C=O) groups is 2. The first-order valence-electron chi connectivity index (χ1n) is 12.0. The van der Waals surface area contributed by atoms with E-state index in [-0.39, 0.29) is 18.0 Å². The highest BCUT2D eigenvalue weighted by Crippen LogP contribution is 2.37. The van der Waals surface area contributed by atoms with Crippen LogP contribution in [0.1, 0.15) is 48.9 Å². The smallest absolute Gasteiger partial charge is 0.404 e. The van der Waals surface area contributed by atoms with E-state index in [4.69, 9.17) is 14.6 Å². The van der Waals surface area contributed by atoms with Crippen LogP contribution >= 0.6 is 0 Å². The average Bonchev–Trinajstić information content (AvgIpc) is 3.59. The number of nitrogens with one attached hydrogen (secondary N) is 3. The van der Waals surface area contributed by atoms with Gasteiger partial charge in [0.05, 0.1) is 24.8 Å². The zero-order valence-corrected chi connectivity index (χ0v) is 19.5. The van der Waals surface area contributed by atoms with Gasteiger partial charge in [-0.05, 0) is 62.6 Å². The number of carboxylic acid groups (broad SMARTS) is 1. The van der Waals surface area contributed by atoms with Crippen molar-refractivity contribution in [2.75, 3.05) is 13.7 Å². The first-order valence-corrected chi connectivity index (χ1v) is 12.0. The summed E-state index contributed by atoms with van der Waals surface area (Å²) in [6, 6.07) is 5.55. The lowest BCUT2D eigenvalue weighted by Gasteiger charge is -2.28. The van der Waals surface area contributed by atoms with Crippen LogP contribution in [0.15, 0.2) is 30.7 Å². The van der Waals surface area contributed by atoms with Gasteiger partial charge in [0, 0.05) is 23.8 Å². The summed E-state index contributed by atoms with van der Waals surface area (Å²) in [5.74, 6) is 1.78. The van der Waals surface area contributed by atoms with Crippen molar-refractivity contribution < 1.29 is 24.2 Å². The number of aromatic amines is 1. The summed E-state index contributed by atoms with van der Waals surface area (Å²) < 4.78 is 11.5. The summed E-state index contributed by atoms with van der Waals surface area (Å²) in [6.45, 7) is 0.663. The van der Waals surface area contributed by atoms with Gasteiger partial charge in [-0.3, -0.25) is 4.79 Å². The second-order valence-corrected chi connectivity index (χ2v) is 9.24. The van der Waals surface area contributed by atoms with E-state index < -0.39 is 6.09 Å². The molecule has 35 heavy (non-hydrogen) atoms. The number of amides is 2. The lowest BCUT2D eigenvalue weighted by Crippen LogP contribution is -2.43. The predicted octanol–water partition coefficient (Wildman–Crippen LogP) is 3.73. The van der Waals surface area contributed by atoms with E-state index in [2.05, 4.69) is 25.6 Å². The van der Waals surface area contributed by atoms with Crippen LogP contribution in [0, 0.1) is 5.92 Å². The monoisotopic (exact) mass is 479 g/mol. The molecule has 0 unspecified atom stereocenters. The minimum atomic E-state index is -1.01. The number of nitrogens with zero attached hydrogens (tertiary/aromatic N) is 2. The van der Waals surface area contributed by atoms with E-state index in [1.807, 2.05) is 18.2 Å². The van der Waals surface area contributed by atoms with Crippen molar-refractivity contribution in [3.8, 4) is 22.8 Å². The molecule has 4 N–H and O–H groups in total. The molecule has 10 nitrogen and oxygen atoms in total. The largest absolute Gasteiger partial charge is 0.497 e. The molecule has 0 spiro atoms. The van der Waals surface area contributed by atoms with Gasteiger partial charge in [-0.25, -0.2) is 14.8 Å². The Morgan fingerprint density at radius 1 is 1.09 bits per heavy atom. The van der Waals surface area contributed by atoms with Crippen LogP contribution in [0.2, 0.25) is 0 Å². The molecule has 3 aromatic rings. The number of carbonyl (C=O) groups excluding carboxylic acids is 1. The van der Waals surface area contributed by atoms with Gasteiger partial charge >= 0.3 is 6.09 Å².